The van der Waals surface area contributed by atoms with Gasteiger partial charge in [0.2, 0.25) is 0 Å². The molecule has 0 atom stereocenters. The van der Waals surface area contributed by atoms with Gasteiger partial charge in [-0.1, -0.05) is 13.3 Å². The summed E-state index contributed by atoms with van der Waals surface area (Å²) in [6.45, 7) is 8.15. The second-order valence-corrected chi connectivity index (χ2v) is 7.19. The molecule has 0 saturated carbocycles. The minimum Gasteiger partial charge on any atom is -0.497 e. The molecule has 0 bridgehead atoms. The molecule has 1 aliphatic heterocycles. The number of fused-ring (bicyclic) bond motifs is 1. The summed E-state index contributed by atoms with van der Waals surface area (Å²) in [6.07, 6.45) is 4.01. The Morgan fingerprint density at radius 1 is 1.26 bits per heavy atom. The Morgan fingerprint density at radius 3 is 2.70 bits per heavy atom. The van der Waals surface area contributed by atoms with Crippen LogP contribution in [-0.4, -0.2) is 47.2 Å². The van der Waals surface area contributed by atoms with E-state index >= 15 is 0 Å². The second-order valence-electron chi connectivity index (χ2n) is 7.19. The summed E-state index contributed by atoms with van der Waals surface area (Å²) in [5.74, 6) is 1.94. The maximum Gasteiger partial charge on any atom is 0.309 e. The first-order valence-corrected chi connectivity index (χ1v) is 10.1. The molecule has 6 heteroatoms. The summed E-state index contributed by atoms with van der Waals surface area (Å²) >= 11 is 0. The van der Waals surface area contributed by atoms with Crippen molar-refractivity contribution < 1.29 is 14.3 Å². The molecule has 0 aliphatic carbocycles. The molecule has 0 amide bonds. The zero-order valence-corrected chi connectivity index (χ0v) is 16.7. The van der Waals surface area contributed by atoms with E-state index in [2.05, 4.69) is 22.5 Å². The van der Waals surface area contributed by atoms with Gasteiger partial charge in [-0.3, -0.25) is 9.69 Å². The van der Waals surface area contributed by atoms with Crippen LogP contribution in [0.4, 0.5) is 0 Å². The molecule has 1 fully saturated rings. The van der Waals surface area contributed by atoms with E-state index in [0.29, 0.717) is 6.61 Å². The van der Waals surface area contributed by atoms with E-state index in [-0.39, 0.29) is 11.9 Å². The smallest absolute Gasteiger partial charge is 0.309 e. The number of rotatable bonds is 8. The predicted molar refractivity (Wildman–Crippen MR) is 106 cm³/mol. The van der Waals surface area contributed by atoms with Gasteiger partial charge in [0.25, 0.3) is 0 Å². The number of carbonyl (C=O) groups excluding carboxylic acids is 1. The summed E-state index contributed by atoms with van der Waals surface area (Å²) in [7, 11) is 1.68. The minimum absolute atomic E-state index is 0.0422. The fourth-order valence-corrected chi connectivity index (χ4v) is 3.76. The molecule has 1 aliphatic rings. The summed E-state index contributed by atoms with van der Waals surface area (Å²) in [5, 5.41) is 0. The van der Waals surface area contributed by atoms with Crippen molar-refractivity contribution in [1.29, 1.82) is 0 Å². The Labute approximate surface area is 161 Å². The van der Waals surface area contributed by atoms with Gasteiger partial charge in [0, 0.05) is 12.6 Å². The molecule has 1 aromatic heterocycles. The number of likely N-dealkylation sites (tertiary alicyclic amines) is 1. The molecule has 148 valence electrons. The molecule has 27 heavy (non-hydrogen) atoms. The summed E-state index contributed by atoms with van der Waals surface area (Å²) < 4.78 is 12.9. The van der Waals surface area contributed by atoms with Gasteiger partial charge >= 0.3 is 5.97 Å². The molecule has 0 unspecified atom stereocenters. The van der Waals surface area contributed by atoms with E-state index < -0.39 is 0 Å². The van der Waals surface area contributed by atoms with Gasteiger partial charge in [0.15, 0.2) is 0 Å². The predicted octanol–water partition coefficient (Wildman–Crippen LogP) is 3.62. The van der Waals surface area contributed by atoms with Crippen molar-refractivity contribution in [2.45, 2.75) is 52.6 Å². The van der Waals surface area contributed by atoms with Gasteiger partial charge in [-0.25, -0.2) is 4.98 Å². The van der Waals surface area contributed by atoms with Gasteiger partial charge in [-0.2, -0.15) is 0 Å². The third kappa shape index (κ3) is 4.61. The lowest BCUT2D eigenvalue weighted by molar-refractivity contribution is -0.149. The lowest BCUT2D eigenvalue weighted by Crippen LogP contribution is -2.37. The van der Waals surface area contributed by atoms with E-state index in [0.717, 1.165) is 69.0 Å². The van der Waals surface area contributed by atoms with Crippen LogP contribution in [-0.2, 0) is 22.6 Å². The van der Waals surface area contributed by atoms with Gasteiger partial charge in [-0.05, 0) is 51.4 Å². The second kappa shape index (κ2) is 9.22. The molecule has 0 radical (unpaired) electrons. The van der Waals surface area contributed by atoms with E-state index in [9.17, 15) is 4.79 Å². The fourth-order valence-electron chi connectivity index (χ4n) is 3.76. The average molecular weight is 373 g/mol. The van der Waals surface area contributed by atoms with Gasteiger partial charge in [0.1, 0.15) is 11.6 Å². The van der Waals surface area contributed by atoms with Crippen molar-refractivity contribution in [2.75, 3.05) is 26.8 Å². The zero-order chi connectivity index (χ0) is 19.2. The quantitative estimate of drug-likeness (QED) is 0.662. The number of aryl methyl sites for hydroxylation is 1. The SMILES string of the molecule is CCCCn1c(CN2CCC(C(=O)OCC)CC2)nc2cc(OC)ccc21. The number of carbonyl (C=O) groups is 1. The third-order valence-corrected chi connectivity index (χ3v) is 5.34. The van der Waals surface area contributed by atoms with Crippen LogP contribution in [0, 0.1) is 5.92 Å². The maximum absolute atomic E-state index is 11.9. The van der Waals surface area contributed by atoms with Crippen LogP contribution in [0.2, 0.25) is 0 Å². The van der Waals surface area contributed by atoms with Crippen LogP contribution >= 0.6 is 0 Å². The molecule has 0 N–H and O–H groups in total. The summed E-state index contributed by atoms with van der Waals surface area (Å²) in [5.41, 5.74) is 2.16. The Bertz CT molecular complexity index is 763. The van der Waals surface area contributed by atoms with Crippen molar-refractivity contribution in [3.63, 3.8) is 0 Å². The van der Waals surface area contributed by atoms with Crippen molar-refractivity contribution in [1.82, 2.24) is 14.5 Å². The Kier molecular flexibility index (Phi) is 6.72. The standard InChI is InChI=1S/C21H31N3O3/c1-4-6-11-24-19-8-7-17(26-3)14-18(19)22-20(24)15-23-12-9-16(10-13-23)21(25)27-5-2/h7-8,14,16H,4-6,9-13,15H2,1-3H3. The number of piperidine rings is 1. The highest BCUT2D eigenvalue weighted by molar-refractivity contribution is 5.78. The number of imidazole rings is 1. The van der Waals surface area contributed by atoms with E-state index in [1.165, 1.54) is 5.52 Å². The molecule has 2 heterocycles. The number of nitrogens with zero attached hydrogens (tertiary/aromatic N) is 3. The molecule has 0 spiro atoms. The summed E-state index contributed by atoms with van der Waals surface area (Å²) in [6, 6.07) is 6.11. The van der Waals surface area contributed by atoms with Crippen molar-refractivity contribution >= 4 is 17.0 Å². The Hall–Kier alpha value is -2.08. The Morgan fingerprint density at radius 2 is 2.04 bits per heavy atom. The summed E-state index contributed by atoms with van der Waals surface area (Å²) in [4.78, 5) is 19.2. The van der Waals surface area contributed by atoms with Crippen molar-refractivity contribution in [3.8, 4) is 5.75 Å². The number of hydrogen-bond donors (Lipinski definition) is 0. The highest BCUT2D eigenvalue weighted by Gasteiger charge is 2.26. The average Bonchev–Trinajstić information content (AvgIpc) is 3.03. The largest absolute Gasteiger partial charge is 0.497 e. The molecular formula is C21H31N3O3. The van der Waals surface area contributed by atoms with Gasteiger partial charge in [0.05, 0.1) is 37.2 Å². The molecule has 1 aromatic carbocycles. The van der Waals surface area contributed by atoms with Gasteiger partial charge in [-0.15, -0.1) is 0 Å². The fraction of sp³-hybridized carbons (Fsp3) is 0.619. The van der Waals surface area contributed by atoms with Crippen LogP contribution < -0.4 is 4.74 Å². The first-order valence-electron chi connectivity index (χ1n) is 10.1. The van der Waals surface area contributed by atoms with Crippen LogP contribution in [0.25, 0.3) is 11.0 Å². The number of ether oxygens (including phenoxy) is 2. The number of methoxy groups -OCH3 is 1. The van der Waals surface area contributed by atoms with Crippen molar-refractivity contribution in [2.24, 2.45) is 5.92 Å². The molecule has 3 rings (SSSR count). The number of benzene rings is 1. The maximum atomic E-state index is 11.9. The number of esters is 1. The molecule has 1 saturated heterocycles. The van der Waals surface area contributed by atoms with Crippen LogP contribution in [0.15, 0.2) is 18.2 Å². The number of unbranched alkanes of at least 4 members (excludes halogenated alkanes) is 1. The van der Waals surface area contributed by atoms with Gasteiger partial charge < -0.3 is 14.0 Å². The molecular weight excluding hydrogens is 342 g/mol. The van der Waals surface area contributed by atoms with Crippen molar-refractivity contribution in [3.05, 3.63) is 24.0 Å². The number of hydrogen-bond acceptors (Lipinski definition) is 5. The molecule has 6 nitrogen and oxygen atoms in total. The first kappa shape index (κ1) is 19.7. The van der Waals surface area contributed by atoms with Crippen LogP contribution in [0.3, 0.4) is 0 Å². The zero-order valence-electron chi connectivity index (χ0n) is 16.7. The topological polar surface area (TPSA) is 56.6 Å². The highest BCUT2D eigenvalue weighted by atomic mass is 16.5. The van der Waals surface area contributed by atoms with Crippen LogP contribution in [0.1, 0.15) is 45.4 Å². The lowest BCUT2D eigenvalue weighted by Gasteiger charge is -2.30. The number of aromatic nitrogens is 2. The van der Waals surface area contributed by atoms with E-state index in [4.69, 9.17) is 14.5 Å². The Balaban J connectivity index is 1.73. The lowest BCUT2D eigenvalue weighted by atomic mass is 9.97. The monoisotopic (exact) mass is 373 g/mol. The first-order chi connectivity index (χ1) is 13.2. The van der Waals surface area contributed by atoms with Crippen LogP contribution in [0.5, 0.6) is 5.75 Å². The normalized spacial score (nSPS) is 16.0. The third-order valence-electron chi connectivity index (χ3n) is 5.34. The highest BCUT2D eigenvalue weighted by Crippen LogP contribution is 2.25. The van der Waals surface area contributed by atoms with E-state index in [1.807, 2.05) is 19.1 Å². The van der Waals surface area contributed by atoms with E-state index in [1.54, 1.807) is 7.11 Å². The molecule has 2 aromatic rings. The minimum atomic E-state index is -0.0422.